The molecule has 1 fully saturated rings. The summed E-state index contributed by atoms with van der Waals surface area (Å²) < 4.78 is 9.78. The zero-order valence-electron chi connectivity index (χ0n) is 11.2. The lowest BCUT2D eigenvalue weighted by Gasteiger charge is -2.24. The van der Waals surface area contributed by atoms with Crippen molar-refractivity contribution in [3.63, 3.8) is 0 Å². The first-order chi connectivity index (χ1) is 9.01. The molecule has 0 aromatic rings. The molecule has 0 aromatic heterocycles. The van der Waals surface area contributed by atoms with Gasteiger partial charge in [0.1, 0.15) is 0 Å². The van der Waals surface area contributed by atoms with Crippen molar-refractivity contribution in [3.05, 3.63) is 12.7 Å². The van der Waals surface area contributed by atoms with E-state index in [0.29, 0.717) is 6.42 Å². The molecule has 19 heavy (non-hydrogen) atoms. The topological polar surface area (TPSA) is 81.7 Å². The number of nitrogens with one attached hydrogen (secondary N) is 1. The van der Waals surface area contributed by atoms with E-state index >= 15 is 0 Å². The van der Waals surface area contributed by atoms with Crippen LogP contribution in [0, 0.1) is 5.92 Å². The Labute approximate surface area is 112 Å². The number of ether oxygens (including phenoxy) is 2. The smallest absolute Gasteiger partial charge is 0.343 e. The highest BCUT2D eigenvalue weighted by Gasteiger charge is 2.57. The van der Waals surface area contributed by atoms with Gasteiger partial charge in [-0.05, 0) is 20.3 Å². The van der Waals surface area contributed by atoms with Crippen LogP contribution in [0.2, 0.25) is 0 Å². The summed E-state index contributed by atoms with van der Waals surface area (Å²) in [4.78, 5) is 35.9. The average Bonchev–Trinajstić information content (AvgIpc) is 2.69. The summed E-state index contributed by atoms with van der Waals surface area (Å²) in [5.41, 5.74) is -1.71. The van der Waals surface area contributed by atoms with Crippen LogP contribution in [0.1, 0.15) is 26.7 Å². The predicted molar refractivity (Wildman–Crippen MR) is 67.1 cm³/mol. The summed E-state index contributed by atoms with van der Waals surface area (Å²) in [5, 5.41) is 2.44. The van der Waals surface area contributed by atoms with E-state index in [1.54, 1.807) is 19.9 Å². The van der Waals surface area contributed by atoms with Crippen molar-refractivity contribution in [2.24, 2.45) is 5.92 Å². The van der Waals surface area contributed by atoms with Crippen LogP contribution in [0.5, 0.6) is 0 Å². The Hall–Kier alpha value is -1.85. The van der Waals surface area contributed by atoms with E-state index in [2.05, 4.69) is 11.9 Å². The van der Waals surface area contributed by atoms with Crippen molar-refractivity contribution < 1.29 is 23.9 Å². The highest BCUT2D eigenvalue weighted by Crippen LogP contribution is 2.30. The molecule has 1 saturated heterocycles. The molecule has 1 atom stereocenters. The third-order valence-corrected chi connectivity index (χ3v) is 2.96. The molecular weight excluding hydrogens is 250 g/mol. The van der Waals surface area contributed by atoms with Gasteiger partial charge in [-0.2, -0.15) is 0 Å². The largest absolute Gasteiger partial charge is 0.464 e. The van der Waals surface area contributed by atoms with Crippen molar-refractivity contribution in [2.45, 2.75) is 32.2 Å². The van der Waals surface area contributed by atoms with E-state index in [1.807, 2.05) is 0 Å². The number of amides is 1. The minimum absolute atomic E-state index is 0.0372. The Morgan fingerprint density at radius 3 is 2.32 bits per heavy atom. The highest BCUT2D eigenvalue weighted by atomic mass is 16.6. The molecule has 1 heterocycles. The standard InChI is InChI=1S/C13H19NO5/c1-4-7-9-8-13(14-10(9)15,11(16)18-5-2)12(17)19-6-3/h4,9H,1,5-8H2,2-3H3,(H,14,15). The van der Waals surface area contributed by atoms with Crippen LogP contribution in [-0.4, -0.2) is 36.6 Å². The van der Waals surface area contributed by atoms with E-state index < -0.39 is 23.4 Å². The van der Waals surface area contributed by atoms with Crippen LogP contribution in [0.4, 0.5) is 0 Å². The van der Waals surface area contributed by atoms with Crippen LogP contribution < -0.4 is 5.32 Å². The second kappa shape index (κ2) is 6.36. The fourth-order valence-electron chi connectivity index (χ4n) is 2.08. The van der Waals surface area contributed by atoms with Crippen molar-refractivity contribution in [3.8, 4) is 0 Å². The van der Waals surface area contributed by atoms with Crippen LogP contribution >= 0.6 is 0 Å². The van der Waals surface area contributed by atoms with E-state index in [0.717, 1.165) is 0 Å². The summed E-state index contributed by atoms with van der Waals surface area (Å²) in [6.07, 6.45) is 2.01. The summed E-state index contributed by atoms with van der Waals surface area (Å²) in [6, 6.07) is 0. The lowest BCUT2D eigenvalue weighted by molar-refractivity contribution is -0.166. The number of rotatable bonds is 6. The number of allylic oxidation sites excluding steroid dienone is 1. The minimum atomic E-state index is -1.71. The monoisotopic (exact) mass is 269 g/mol. The van der Waals surface area contributed by atoms with Gasteiger partial charge in [-0.1, -0.05) is 6.08 Å². The molecule has 0 aromatic carbocycles. The maximum absolute atomic E-state index is 12.0. The summed E-state index contributed by atoms with van der Waals surface area (Å²) in [6.45, 7) is 7.08. The lowest BCUT2D eigenvalue weighted by Crippen LogP contribution is -2.57. The fourth-order valence-corrected chi connectivity index (χ4v) is 2.08. The molecule has 1 N–H and O–H groups in total. The Morgan fingerprint density at radius 2 is 1.89 bits per heavy atom. The van der Waals surface area contributed by atoms with Gasteiger partial charge in [0, 0.05) is 12.3 Å². The Bertz CT molecular complexity index is 372. The number of carbonyl (C=O) groups excluding carboxylic acids is 3. The van der Waals surface area contributed by atoms with E-state index in [1.165, 1.54) is 0 Å². The molecule has 0 bridgehead atoms. The van der Waals surface area contributed by atoms with Gasteiger partial charge in [-0.15, -0.1) is 6.58 Å². The summed E-state index contributed by atoms with van der Waals surface area (Å²) in [7, 11) is 0. The van der Waals surface area contributed by atoms with Gasteiger partial charge >= 0.3 is 11.9 Å². The number of carbonyl (C=O) groups is 3. The number of hydrogen-bond donors (Lipinski definition) is 1. The van der Waals surface area contributed by atoms with Gasteiger partial charge in [0.05, 0.1) is 13.2 Å². The van der Waals surface area contributed by atoms with E-state index in [9.17, 15) is 14.4 Å². The predicted octanol–water partition coefficient (Wildman–Crippen LogP) is 0.564. The molecule has 6 heteroatoms. The first-order valence-electron chi connectivity index (χ1n) is 6.29. The molecule has 1 amide bonds. The quantitative estimate of drug-likeness (QED) is 0.433. The molecule has 6 nitrogen and oxygen atoms in total. The molecule has 1 aliphatic heterocycles. The third kappa shape index (κ3) is 2.94. The highest BCUT2D eigenvalue weighted by molar-refractivity contribution is 6.10. The molecular formula is C13H19NO5. The molecule has 0 radical (unpaired) electrons. The third-order valence-electron chi connectivity index (χ3n) is 2.96. The lowest BCUT2D eigenvalue weighted by atomic mass is 9.91. The van der Waals surface area contributed by atoms with Gasteiger partial charge in [-0.3, -0.25) is 4.79 Å². The van der Waals surface area contributed by atoms with Crippen LogP contribution in [0.15, 0.2) is 12.7 Å². The summed E-state index contributed by atoms with van der Waals surface area (Å²) >= 11 is 0. The van der Waals surface area contributed by atoms with Crippen molar-refractivity contribution in [1.29, 1.82) is 0 Å². The zero-order valence-corrected chi connectivity index (χ0v) is 11.2. The van der Waals surface area contributed by atoms with E-state index in [-0.39, 0.29) is 25.5 Å². The minimum Gasteiger partial charge on any atom is -0.464 e. The zero-order chi connectivity index (χ0) is 14.5. The molecule has 1 unspecified atom stereocenters. The first kappa shape index (κ1) is 15.2. The second-order valence-corrected chi connectivity index (χ2v) is 4.26. The molecule has 0 spiro atoms. The second-order valence-electron chi connectivity index (χ2n) is 4.26. The molecule has 1 rings (SSSR count). The maximum Gasteiger partial charge on any atom is 0.343 e. The molecule has 0 saturated carbocycles. The maximum atomic E-state index is 12.0. The molecule has 0 aliphatic carbocycles. The van der Waals surface area contributed by atoms with Crippen molar-refractivity contribution >= 4 is 17.8 Å². The SMILES string of the molecule is C=CCC1CC(C(=O)OCC)(C(=O)OCC)NC1=O. The normalized spacial score (nSPS) is 20.5. The summed E-state index contributed by atoms with van der Waals surface area (Å²) in [5.74, 6) is -2.37. The van der Waals surface area contributed by atoms with Crippen LogP contribution in [0.3, 0.4) is 0 Å². The van der Waals surface area contributed by atoms with Crippen LogP contribution in [0.25, 0.3) is 0 Å². The molecule has 1 aliphatic rings. The van der Waals surface area contributed by atoms with Crippen molar-refractivity contribution in [2.75, 3.05) is 13.2 Å². The van der Waals surface area contributed by atoms with E-state index in [4.69, 9.17) is 9.47 Å². The van der Waals surface area contributed by atoms with Crippen molar-refractivity contribution in [1.82, 2.24) is 5.32 Å². The number of esters is 2. The number of hydrogen-bond acceptors (Lipinski definition) is 5. The van der Waals surface area contributed by atoms with Gasteiger partial charge in [0.25, 0.3) is 0 Å². The average molecular weight is 269 g/mol. The van der Waals surface area contributed by atoms with Gasteiger partial charge in [0.2, 0.25) is 11.4 Å². The Kier molecular flexibility index (Phi) is 5.09. The van der Waals surface area contributed by atoms with Crippen LogP contribution in [-0.2, 0) is 23.9 Å². The fraction of sp³-hybridized carbons (Fsp3) is 0.615. The molecule has 106 valence electrons. The van der Waals surface area contributed by atoms with Gasteiger partial charge in [0.15, 0.2) is 0 Å². The van der Waals surface area contributed by atoms with Gasteiger partial charge < -0.3 is 14.8 Å². The Morgan fingerprint density at radius 1 is 1.37 bits per heavy atom. The van der Waals surface area contributed by atoms with Gasteiger partial charge in [-0.25, -0.2) is 9.59 Å². The first-order valence-corrected chi connectivity index (χ1v) is 6.29. The Balaban J connectivity index is 3.01.